The standard InChI is InChI=1S/C27H45I/c1-18(2)7-6-8-19(3)23-11-12-24-22-10-9-20-17-21(28)13-15-26(20,4)25(22)14-16-27(23,24)5/h9,18-19,21-25H,6-8,10-17H2,1-5H3/t19-,21+,22-,23+,24-,25-,26+,27-/m1/s1. The van der Waals surface area contributed by atoms with E-state index >= 15 is 0 Å². The van der Waals surface area contributed by atoms with Gasteiger partial charge < -0.3 is 0 Å². The highest BCUT2D eigenvalue weighted by Gasteiger charge is 2.58. The van der Waals surface area contributed by atoms with Crippen LogP contribution in [0.3, 0.4) is 0 Å². The van der Waals surface area contributed by atoms with E-state index in [2.05, 4.69) is 63.3 Å². The van der Waals surface area contributed by atoms with E-state index in [1.165, 1.54) is 70.6 Å². The normalized spacial score (nSPS) is 46.5. The molecule has 4 rings (SSSR count). The van der Waals surface area contributed by atoms with E-state index in [-0.39, 0.29) is 0 Å². The van der Waals surface area contributed by atoms with Crippen LogP contribution in [-0.4, -0.2) is 3.92 Å². The Balaban J connectivity index is 1.49. The van der Waals surface area contributed by atoms with Crippen LogP contribution in [0.1, 0.15) is 105 Å². The molecule has 0 aromatic carbocycles. The summed E-state index contributed by atoms with van der Waals surface area (Å²) in [5.41, 5.74) is 3.05. The predicted molar refractivity (Wildman–Crippen MR) is 131 cm³/mol. The van der Waals surface area contributed by atoms with Crippen molar-refractivity contribution in [2.75, 3.05) is 0 Å². The third-order valence-corrected chi connectivity index (χ3v) is 11.3. The molecule has 0 aromatic heterocycles. The van der Waals surface area contributed by atoms with Crippen LogP contribution >= 0.6 is 22.6 Å². The van der Waals surface area contributed by atoms with Gasteiger partial charge in [0.1, 0.15) is 0 Å². The smallest absolute Gasteiger partial charge is 0.0147 e. The highest BCUT2D eigenvalue weighted by Crippen LogP contribution is 2.67. The van der Waals surface area contributed by atoms with Gasteiger partial charge in [0, 0.05) is 3.92 Å². The van der Waals surface area contributed by atoms with Crippen LogP contribution in [0.25, 0.3) is 0 Å². The maximum Gasteiger partial charge on any atom is 0.0147 e. The van der Waals surface area contributed by atoms with E-state index in [9.17, 15) is 0 Å². The van der Waals surface area contributed by atoms with Crippen molar-refractivity contribution in [3.05, 3.63) is 11.6 Å². The van der Waals surface area contributed by atoms with E-state index in [4.69, 9.17) is 0 Å². The van der Waals surface area contributed by atoms with Crippen LogP contribution in [0.4, 0.5) is 0 Å². The fourth-order valence-corrected chi connectivity index (χ4v) is 9.43. The van der Waals surface area contributed by atoms with Gasteiger partial charge in [-0.15, -0.1) is 0 Å². The van der Waals surface area contributed by atoms with Crippen molar-refractivity contribution in [1.29, 1.82) is 0 Å². The second-order valence-electron chi connectivity index (χ2n) is 12.1. The van der Waals surface area contributed by atoms with Gasteiger partial charge in [0.25, 0.3) is 0 Å². The lowest BCUT2D eigenvalue weighted by Crippen LogP contribution is -2.50. The summed E-state index contributed by atoms with van der Waals surface area (Å²) in [5.74, 6) is 5.79. The van der Waals surface area contributed by atoms with Crippen molar-refractivity contribution in [3.63, 3.8) is 0 Å². The molecule has 0 heterocycles. The maximum absolute atomic E-state index is 2.75. The molecule has 0 unspecified atom stereocenters. The minimum atomic E-state index is 0.548. The summed E-state index contributed by atoms with van der Waals surface area (Å²) in [6.07, 6.45) is 18.9. The Bertz CT molecular complexity index is 591. The van der Waals surface area contributed by atoms with E-state index < -0.39 is 0 Å². The summed E-state index contributed by atoms with van der Waals surface area (Å²) in [7, 11) is 0. The lowest BCUT2D eigenvalue weighted by Gasteiger charge is -2.58. The van der Waals surface area contributed by atoms with Crippen molar-refractivity contribution < 1.29 is 0 Å². The topological polar surface area (TPSA) is 0 Å². The number of halogens is 1. The van der Waals surface area contributed by atoms with Crippen LogP contribution < -0.4 is 0 Å². The van der Waals surface area contributed by atoms with Crippen molar-refractivity contribution in [2.24, 2.45) is 46.3 Å². The van der Waals surface area contributed by atoms with Crippen molar-refractivity contribution in [1.82, 2.24) is 0 Å². The Labute approximate surface area is 189 Å². The molecule has 0 amide bonds. The second kappa shape index (κ2) is 8.19. The van der Waals surface area contributed by atoms with Crippen LogP contribution in [0.5, 0.6) is 0 Å². The van der Waals surface area contributed by atoms with Crippen molar-refractivity contribution >= 4 is 22.6 Å². The molecular formula is C27H45I. The highest BCUT2D eigenvalue weighted by atomic mass is 127. The number of hydrogen-bond donors (Lipinski definition) is 0. The average molecular weight is 497 g/mol. The van der Waals surface area contributed by atoms with Gasteiger partial charge in [0.05, 0.1) is 0 Å². The van der Waals surface area contributed by atoms with Gasteiger partial charge in [-0.05, 0) is 97.7 Å². The van der Waals surface area contributed by atoms with Gasteiger partial charge in [0.15, 0.2) is 0 Å². The molecule has 0 aliphatic heterocycles. The fraction of sp³-hybridized carbons (Fsp3) is 0.926. The fourth-order valence-electron chi connectivity index (χ4n) is 8.64. The molecule has 160 valence electrons. The van der Waals surface area contributed by atoms with Gasteiger partial charge in [-0.25, -0.2) is 0 Å². The number of allylic oxidation sites excluding steroid dienone is 2. The van der Waals surface area contributed by atoms with E-state index in [0.29, 0.717) is 10.8 Å². The Morgan fingerprint density at radius 1 is 1.00 bits per heavy atom. The molecule has 1 heteroatoms. The van der Waals surface area contributed by atoms with Crippen LogP contribution in [0.2, 0.25) is 0 Å². The summed E-state index contributed by atoms with van der Waals surface area (Å²) < 4.78 is 0.893. The Hall–Kier alpha value is 0.470. The van der Waals surface area contributed by atoms with Crippen molar-refractivity contribution in [2.45, 2.75) is 109 Å². The Morgan fingerprint density at radius 3 is 2.54 bits per heavy atom. The quantitative estimate of drug-likeness (QED) is 0.203. The lowest BCUT2D eigenvalue weighted by atomic mass is 9.47. The highest BCUT2D eigenvalue weighted by molar-refractivity contribution is 14.1. The number of alkyl halides is 1. The number of fused-ring (bicyclic) bond motifs is 5. The Morgan fingerprint density at radius 2 is 1.79 bits per heavy atom. The minimum absolute atomic E-state index is 0.548. The van der Waals surface area contributed by atoms with Gasteiger partial charge in [0.2, 0.25) is 0 Å². The molecule has 0 saturated heterocycles. The largest absolute Gasteiger partial charge is 0.0844 e. The van der Waals surface area contributed by atoms with E-state index in [1.807, 2.05) is 5.57 Å². The first-order chi connectivity index (χ1) is 13.3. The zero-order valence-electron chi connectivity index (χ0n) is 19.3. The van der Waals surface area contributed by atoms with Crippen molar-refractivity contribution in [3.8, 4) is 0 Å². The monoisotopic (exact) mass is 496 g/mol. The minimum Gasteiger partial charge on any atom is -0.0844 e. The van der Waals surface area contributed by atoms with Crippen LogP contribution in [-0.2, 0) is 0 Å². The van der Waals surface area contributed by atoms with E-state index in [1.54, 1.807) is 0 Å². The summed E-state index contributed by atoms with van der Waals surface area (Å²) in [6, 6.07) is 0. The summed E-state index contributed by atoms with van der Waals surface area (Å²) in [4.78, 5) is 0. The molecule has 28 heavy (non-hydrogen) atoms. The summed E-state index contributed by atoms with van der Waals surface area (Å²) in [5, 5.41) is 0. The molecular weight excluding hydrogens is 451 g/mol. The molecule has 0 nitrogen and oxygen atoms in total. The second-order valence-corrected chi connectivity index (χ2v) is 13.9. The van der Waals surface area contributed by atoms with Crippen LogP contribution in [0, 0.1) is 46.3 Å². The molecule has 0 bridgehead atoms. The molecule has 8 atom stereocenters. The predicted octanol–water partition coefficient (Wildman–Crippen LogP) is 8.83. The summed E-state index contributed by atoms with van der Waals surface area (Å²) in [6.45, 7) is 12.8. The first-order valence-electron chi connectivity index (χ1n) is 12.6. The molecule has 0 radical (unpaired) electrons. The first kappa shape index (κ1) is 21.7. The molecule has 0 aromatic rings. The van der Waals surface area contributed by atoms with Gasteiger partial charge in [-0.2, -0.15) is 0 Å². The van der Waals surface area contributed by atoms with Gasteiger partial charge >= 0.3 is 0 Å². The molecule has 0 N–H and O–H groups in total. The maximum atomic E-state index is 2.75. The lowest BCUT2D eigenvalue weighted by molar-refractivity contribution is -0.0495. The molecule has 3 fully saturated rings. The summed E-state index contributed by atoms with van der Waals surface area (Å²) >= 11 is 2.71. The zero-order chi connectivity index (χ0) is 20.1. The third kappa shape index (κ3) is 3.66. The molecule has 0 spiro atoms. The number of rotatable bonds is 5. The third-order valence-electron chi connectivity index (χ3n) is 10.2. The zero-order valence-corrected chi connectivity index (χ0v) is 21.4. The average Bonchev–Trinajstić information content (AvgIpc) is 2.99. The Kier molecular flexibility index (Phi) is 6.35. The van der Waals surface area contributed by atoms with E-state index in [0.717, 1.165) is 39.4 Å². The molecule has 3 saturated carbocycles. The van der Waals surface area contributed by atoms with Gasteiger partial charge in [-0.3, -0.25) is 0 Å². The molecule has 4 aliphatic carbocycles. The SMILES string of the molecule is CC(C)CCC[C@@H](C)[C@@H]1CC[C@@H]2[C@H]3CC=C4C[C@@H](I)CC[C@]4(C)[C@@H]3CC[C@@]21C. The van der Waals surface area contributed by atoms with Gasteiger partial charge in [-0.1, -0.05) is 88.1 Å². The molecule has 4 aliphatic rings. The van der Waals surface area contributed by atoms with Crippen LogP contribution in [0.15, 0.2) is 11.6 Å². The number of hydrogen-bond acceptors (Lipinski definition) is 0. The first-order valence-corrected chi connectivity index (χ1v) is 13.8.